The zero-order chi connectivity index (χ0) is 21.3. The van der Waals surface area contributed by atoms with Crippen LogP contribution in [0.25, 0.3) is 10.9 Å². The molecule has 1 saturated heterocycles. The van der Waals surface area contributed by atoms with Crippen LogP contribution in [0, 0.1) is 6.92 Å². The largest absolute Gasteiger partial charge is 0.379 e. The topological polar surface area (TPSA) is 88.6 Å². The summed E-state index contributed by atoms with van der Waals surface area (Å²) in [6.45, 7) is 3.11. The molecule has 0 aliphatic carbocycles. The average molecular weight is 446 g/mol. The average Bonchev–Trinajstić information content (AvgIpc) is 2.75. The second kappa shape index (κ2) is 8.31. The number of hydrogen-bond donors (Lipinski definition) is 1. The van der Waals surface area contributed by atoms with E-state index in [4.69, 9.17) is 16.3 Å². The first-order chi connectivity index (χ1) is 14.3. The van der Waals surface area contributed by atoms with Crippen LogP contribution in [-0.4, -0.2) is 49.9 Å². The summed E-state index contributed by atoms with van der Waals surface area (Å²) in [5.74, 6) is -0.342. The van der Waals surface area contributed by atoms with Crippen molar-refractivity contribution < 1.29 is 17.9 Å². The Morgan fingerprint density at radius 1 is 1.10 bits per heavy atom. The fourth-order valence-corrected chi connectivity index (χ4v) is 5.14. The normalized spacial score (nSPS) is 15.3. The van der Waals surface area contributed by atoms with Gasteiger partial charge in [0.15, 0.2) is 0 Å². The van der Waals surface area contributed by atoms with Gasteiger partial charge in [0.25, 0.3) is 5.91 Å². The minimum absolute atomic E-state index is 0.180. The van der Waals surface area contributed by atoms with E-state index < -0.39 is 10.0 Å². The van der Waals surface area contributed by atoms with Crippen LogP contribution in [0.4, 0.5) is 5.69 Å². The number of aryl methyl sites for hydroxylation is 1. The molecule has 0 atom stereocenters. The number of amides is 1. The molecule has 2 heterocycles. The Balaban J connectivity index is 1.60. The SMILES string of the molecule is Cc1ccc(NC(=O)c2ccc3nc(Cl)ccc3c2)cc1S(=O)(=O)N1CCOCC1. The third-order valence-electron chi connectivity index (χ3n) is 4.95. The van der Waals surface area contributed by atoms with Crippen LogP contribution < -0.4 is 5.32 Å². The van der Waals surface area contributed by atoms with Gasteiger partial charge < -0.3 is 10.1 Å². The van der Waals surface area contributed by atoms with E-state index in [0.29, 0.717) is 53.8 Å². The Bertz CT molecular complexity index is 1220. The molecule has 3 aromatic rings. The number of aromatic nitrogens is 1. The Labute approximate surface area is 179 Å². The van der Waals surface area contributed by atoms with Gasteiger partial charge in [-0.3, -0.25) is 4.79 Å². The number of anilines is 1. The van der Waals surface area contributed by atoms with Gasteiger partial charge in [-0.25, -0.2) is 13.4 Å². The first-order valence-corrected chi connectivity index (χ1v) is 11.2. The smallest absolute Gasteiger partial charge is 0.255 e. The first kappa shape index (κ1) is 20.7. The number of rotatable bonds is 4. The van der Waals surface area contributed by atoms with Crippen LogP contribution in [-0.2, 0) is 14.8 Å². The number of fused-ring (bicyclic) bond motifs is 1. The number of hydrogen-bond acceptors (Lipinski definition) is 5. The van der Waals surface area contributed by atoms with Crippen molar-refractivity contribution in [1.82, 2.24) is 9.29 Å². The minimum atomic E-state index is -3.67. The predicted molar refractivity (Wildman–Crippen MR) is 115 cm³/mol. The van der Waals surface area contributed by atoms with E-state index in [2.05, 4.69) is 10.3 Å². The van der Waals surface area contributed by atoms with Gasteiger partial charge in [-0.2, -0.15) is 4.31 Å². The number of sulfonamides is 1. The van der Waals surface area contributed by atoms with Crippen LogP contribution >= 0.6 is 11.6 Å². The number of pyridine rings is 1. The molecule has 1 aliphatic heterocycles. The molecule has 1 N–H and O–H groups in total. The Morgan fingerprint density at radius 3 is 2.63 bits per heavy atom. The van der Waals surface area contributed by atoms with Gasteiger partial charge in [0.1, 0.15) is 5.15 Å². The van der Waals surface area contributed by atoms with E-state index in [1.165, 1.54) is 10.4 Å². The monoisotopic (exact) mass is 445 g/mol. The van der Waals surface area contributed by atoms with Crippen molar-refractivity contribution in [2.24, 2.45) is 0 Å². The molecule has 1 aliphatic rings. The lowest BCUT2D eigenvalue weighted by molar-refractivity contribution is 0.0730. The maximum absolute atomic E-state index is 13.0. The summed E-state index contributed by atoms with van der Waals surface area (Å²) >= 11 is 5.90. The highest BCUT2D eigenvalue weighted by Crippen LogP contribution is 2.25. The van der Waals surface area contributed by atoms with Crippen molar-refractivity contribution in [3.63, 3.8) is 0 Å². The maximum atomic E-state index is 13.0. The number of halogens is 1. The van der Waals surface area contributed by atoms with Gasteiger partial charge >= 0.3 is 0 Å². The van der Waals surface area contributed by atoms with E-state index in [9.17, 15) is 13.2 Å². The fraction of sp³-hybridized carbons (Fsp3) is 0.238. The predicted octanol–water partition coefficient (Wildman–Crippen LogP) is 3.47. The van der Waals surface area contributed by atoms with Crippen LogP contribution in [0.2, 0.25) is 5.15 Å². The van der Waals surface area contributed by atoms with Crippen molar-refractivity contribution in [3.8, 4) is 0 Å². The van der Waals surface area contributed by atoms with Crippen LogP contribution in [0.15, 0.2) is 53.4 Å². The molecule has 0 radical (unpaired) electrons. The molecule has 7 nitrogen and oxygen atoms in total. The third kappa shape index (κ3) is 4.17. The second-order valence-electron chi connectivity index (χ2n) is 6.99. The molecule has 0 spiro atoms. The Morgan fingerprint density at radius 2 is 1.87 bits per heavy atom. The van der Waals surface area contributed by atoms with E-state index in [1.54, 1.807) is 49.4 Å². The standard InChI is InChI=1S/C21H20ClN3O4S/c1-14-2-5-17(13-19(14)30(27,28)25-8-10-29-11-9-25)23-21(26)16-3-6-18-15(12-16)4-7-20(22)24-18/h2-7,12-13H,8-11H2,1H3,(H,23,26). The number of nitrogens with zero attached hydrogens (tertiary/aromatic N) is 2. The zero-order valence-electron chi connectivity index (χ0n) is 16.3. The van der Waals surface area contributed by atoms with Crippen molar-refractivity contribution in [1.29, 1.82) is 0 Å². The number of carbonyl (C=O) groups is 1. The number of benzene rings is 2. The lowest BCUT2D eigenvalue weighted by Gasteiger charge is -2.26. The summed E-state index contributed by atoms with van der Waals surface area (Å²) < 4.78 is 32.7. The Hall–Kier alpha value is -2.52. The molecule has 4 rings (SSSR count). The van der Waals surface area contributed by atoms with Gasteiger partial charge in [0.05, 0.1) is 23.6 Å². The number of morpholine rings is 1. The van der Waals surface area contributed by atoms with Crippen LogP contribution in [0.1, 0.15) is 15.9 Å². The lowest BCUT2D eigenvalue weighted by atomic mass is 10.1. The quantitative estimate of drug-likeness (QED) is 0.621. The van der Waals surface area contributed by atoms with Gasteiger partial charge in [0.2, 0.25) is 10.0 Å². The van der Waals surface area contributed by atoms with E-state index >= 15 is 0 Å². The molecule has 30 heavy (non-hydrogen) atoms. The van der Waals surface area contributed by atoms with Crippen molar-refractivity contribution in [2.75, 3.05) is 31.6 Å². The summed E-state index contributed by atoms with van der Waals surface area (Å²) in [6, 6.07) is 13.4. The molecule has 2 aromatic carbocycles. The molecule has 0 saturated carbocycles. The van der Waals surface area contributed by atoms with Gasteiger partial charge in [0, 0.05) is 29.7 Å². The molecule has 1 fully saturated rings. The van der Waals surface area contributed by atoms with Crippen LogP contribution in [0.3, 0.4) is 0 Å². The molecule has 1 aromatic heterocycles. The molecule has 1 amide bonds. The number of ether oxygens (including phenoxy) is 1. The van der Waals surface area contributed by atoms with Crippen LogP contribution in [0.5, 0.6) is 0 Å². The summed E-state index contributed by atoms with van der Waals surface area (Å²) in [5, 5.41) is 3.95. The van der Waals surface area contributed by atoms with E-state index in [0.717, 1.165) is 5.39 Å². The molecular weight excluding hydrogens is 426 g/mol. The van der Waals surface area contributed by atoms with E-state index in [1.807, 2.05) is 0 Å². The van der Waals surface area contributed by atoms with Gasteiger partial charge in [-0.1, -0.05) is 17.7 Å². The highest BCUT2D eigenvalue weighted by Gasteiger charge is 2.28. The van der Waals surface area contributed by atoms with E-state index in [-0.39, 0.29) is 10.8 Å². The molecule has 0 unspecified atom stereocenters. The summed E-state index contributed by atoms with van der Waals surface area (Å²) in [6.07, 6.45) is 0. The van der Waals surface area contributed by atoms with Crippen molar-refractivity contribution in [2.45, 2.75) is 11.8 Å². The van der Waals surface area contributed by atoms with Gasteiger partial charge in [-0.05, 0) is 55.0 Å². The molecular formula is C21H20ClN3O4S. The maximum Gasteiger partial charge on any atom is 0.255 e. The summed E-state index contributed by atoms with van der Waals surface area (Å²) in [7, 11) is -3.67. The summed E-state index contributed by atoms with van der Waals surface area (Å²) in [4.78, 5) is 17.1. The Kier molecular flexibility index (Phi) is 5.75. The highest BCUT2D eigenvalue weighted by atomic mass is 35.5. The lowest BCUT2D eigenvalue weighted by Crippen LogP contribution is -2.40. The molecule has 156 valence electrons. The van der Waals surface area contributed by atoms with Crippen molar-refractivity contribution >= 4 is 44.1 Å². The number of carbonyl (C=O) groups excluding carboxylic acids is 1. The molecule has 9 heteroatoms. The zero-order valence-corrected chi connectivity index (χ0v) is 17.8. The minimum Gasteiger partial charge on any atom is -0.379 e. The third-order valence-corrected chi connectivity index (χ3v) is 7.20. The van der Waals surface area contributed by atoms with Crippen molar-refractivity contribution in [3.05, 3.63) is 64.8 Å². The fourth-order valence-electron chi connectivity index (χ4n) is 3.33. The second-order valence-corrected chi connectivity index (χ2v) is 9.29. The highest BCUT2D eigenvalue weighted by molar-refractivity contribution is 7.89. The number of nitrogens with one attached hydrogen (secondary N) is 1. The molecule has 0 bridgehead atoms. The first-order valence-electron chi connectivity index (χ1n) is 9.41. The summed E-state index contributed by atoms with van der Waals surface area (Å²) in [5.41, 5.74) is 2.15. The van der Waals surface area contributed by atoms with Gasteiger partial charge in [-0.15, -0.1) is 0 Å².